The molecule has 1 N–H and O–H groups in total. The number of aryl methyl sites for hydroxylation is 4. The molecule has 0 saturated carbocycles. The van der Waals surface area contributed by atoms with E-state index >= 15 is 0 Å². The maximum Gasteiger partial charge on any atom is 0.256 e. The van der Waals surface area contributed by atoms with Crippen LogP contribution in [0.25, 0.3) is 0 Å². The van der Waals surface area contributed by atoms with Crippen LogP contribution >= 0.6 is 0 Å². The average molecular weight is 272 g/mol. The van der Waals surface area contributed by atoms with Gasteiger partial charge in [-0.3, -0.25) is 14.5 Å². The lowest BCUT2D eigenvalue weighted by atomic mass is 10.1. The first-order chi connectivity index (χ1) is 9.42. The first kappa shape index (κ1) is 14.2. The predicted octanol–water partition coefficient (Wildman–Crippen LogP) is 2.56. The van der Waals surface area contributed by atoms with Crippen molar-refractivity contribution >= 4 is 11.7 Å². The van der Waals surface area contributed by atoms with Crippen molar-refractivity contribution < 1.29 is 4.79 Å². The number of hydrogen-bond acceptors (Lipinski definition) is 3. The van der Waals surface area contributed by atoms with Gasteiger partial charge in [0.1, 0.15) is 5.82 Å². The van der Waals surface area contributed by atoms with Crippen molar-refractivity contribution in [3.63, 3.8) is 0 Å². The normalized spacial score (nSPS) is 10.7. The van der Waals surface area contributed by atoms with E-state index in [0.717, 1.165) is 34.9 Å². The largest absolute Gasteiger partial charge is 0.307 e. The Hall–Kier alpha value is -2.17. The zero-order chi connectivity index (χ0) is 14.9. The van der Waals surface area contributed by atoms with Crippen molar-refractivity contribution in [2.45, 2.75) is 34.1 Å². The predicted molar refractivity (Wildman–Crippen MR) is 79.0 cm³/mol. The molecule has 0 unspecified atom stereocenters. The van der Waals surface area contributed by atoms with Crippen molar-refractivity contribution in [1.29, 1.82) is 0 Å². The molecule has 5 nitrogen and oxygen atoms in total. The number of rotatable bonds is 3. The molecule has 0 bridgehead atoms. The molecule has 0 aliphatic heterocycles. The molecule has 20 heavy (non-hydrogen) atoms. The number of nitrogens with one attached hydrogen (secondary N) is 1. The van der Waals surface area contributed by atoms with Crippen LogP contribution in [-0.4, -0.2) is 20.7 Å². The van der Waals surface area contributed by atoms with Crippen molar-refractivity contribution in [2.75, 3.05) is 5.32 Å². The Balaban J connectivity index is 2.30. The molecule has 0 aliphatic carbocycles. The van der Waals surface area contributed by atoms with E-state index in [2.05, 4.69) is 22.3 Å². The summed E-state index contributed by atoms with van der Waals surface area (Å²) in [6.07, 6.45) is 0.850. The summed E-state index contributed by atoms with van der Waals surface area (Å²) in [6, 6.07) is 3.57. The molecule has 5 heteroatoms. The van der Waals surface area contributed by atoms with Gasteiger partial charge in [0.25, 0.3) is 5.91 Å². The summed E-state index contributed by atoms with van der Waals surface area (Å²) in [5.41, 5.74) is 4.32. The van der Waals surface area contributed by atoms with Crippen LogP contribution in [0.15, 0.2) is 12.1 Å². The van der Waals surface area contributed by atoms with Crippen LogP contribution in [0.1, 0.15) is 39.9 Å². The molecule has 0 fully saturated rings. The lowest BCUT2D eigenvalue weighted by Gasteiger charge is -2.08. The highest BCUT2D eigenvalue weighted by Crippen LogP contribution is 2.19. The monoisotopic (exact) mass is 272 g/mol. The number of aromatic nitrogens is 3. The van der Waals surface area contributed by atoms with Gasteiger partial charge in [0.15, 0.2) is 0 Å². The molecule has 2 heterocycles. The standard InChI is InChI=1S/C15H20N4O/c1-6-13-11(4)14(19(5)18-13)17-15(20)12-7-9(2)16-10(3)8-12/h7-8H,6H2,1-5H3,(H,17,20). The van der Waals surface area contributed by atoms with E-state index in [1.165, 1.54) is 0 Å². The number of pyridine rings is 1. The Morgan fingerprint density at radius 1 is 1.25 bits per heavy atom. The van der Waals surface area contributed by atoms with Crippen LogP contribution in [0.3, 0.4) is 0 Å². The van der Waals surface area contributed by atoms with Crippen molar-refractivity contribution in [3.05, 3.63) is 40.3 Å². The summed E-state index contributed by atoms with van der Waals surface area (Å²) in [6.45, 7) is 7.80. The molecule has 0 atom stereocenters. The van der Waals surface area contributed by atoms with E-state index in [1.54, 1.807) is 16.8 Å². The van der Waals surface area contributed by atoms with Crippen LogP contribution in [-0.2, 0) is 13.5 Å². The van der Waals surface area contributed by atoms with Crippen LogP contribution in [0.4, 0.5) is 5.82 Å². The molecule has 0 saturated heterocycles. The third-order valence-corrected chi connectivity index (χ3v) is 3.29. The molecule has 0 spiro atoms. The fourth-order valence-electron chi connectivity index (χ4n) is 2.34. The van der Waals surface area contributed by atoms with Gasteiger partial charge in [0, 0.05) is 29.6 Å². The van der Waals surface area contributed by atoms with Gasteiger partial charge in [0.2, 0.25) is 0 Å². The SMILES string of the molecule is CCc1nn(C)c(NC(=O)c2cc(C)nc(C)c2)c1C. The topological polar surface area (TPSA) is 59.8 Å². The molecule has 106 valence electrons. The molecule has 1 amide bonds. The van der Waals surface area contributed by atoms with E-state index in [9.17, 15) is 4.79 Å². The van der Waals surface area contributed by atoms with Crippen LogP contribution in [0.5, 0.6) is 0 Å². The number of hydrogen-bond donors (Lipinski definition) is 1. The van der Waals surface area contributed by atoms with Gasteiger partial charge in [-0.05, 0) is 39.3 Å². The van der Waals surface area contributed by atoms with E-state index in [0.29, 0.717) is 5.56 Å². The molecule has 2 aromatic heterocycles. The fourth-order valence-corrected chi connectivity index (χ4v) is 2.34. The Morgan fingerprint density at radius 3 is 2.35 bits per heavy atom. The van der Waals surface area contributed by atoms with Gasteiger partial charge in [-0.2, -0.15) is 5.10 Å². The summed E-state index contributed by atoms with van der Waals surface area (Å²) in [7, 11) is 1.84. The molecule has 0 aliphatic rings. The summed E-state index contributed by atoms with van der Waals surface area (Å²) < 4.78 is 1.72. The minimum atomic E-state index is -0.132. The smallest absolute Gasteiger partial charge is 0.256 e. The van der Waals surface area contributed by atoms with E-state index < -0.39 is 0 Å². The number of anilines is 1. The number of nitrogens with zero attached hydrogens (tertiary/aromatic N) is 3. The maximum atomic E-state index is 12.3. The van der Waals surface area contributed by atoms with Gasteiger partial charge in [0.05, 0.1) is 5.69 Å². The minimum absolute atomic E-state index is 0.132. The highest BCUT2D eigenvalue weighted by molar-refractivity contribution is 6.04. The van der Waals surface area contributed by atoms with E-state index in [1.807, 2.05) is 27.8 Å². The van der Waals surface area contributed by atoms with Crippen LogP contribution < -0.4 is 5.32 Å². The fraction of sp³-hybridized carbons (Fsp3) is 0.400. The Morgan fingerprint density at radius 2 is 1.85 bits per heavy atom. The van der Waals surface area contributed by atoms with Gasteiger partial charge in [-0.25, -0.2) is 0 Å². The summed E-state index contributed by atoms with van der Waals surface area (Å²) in [4.78, 5) is 16.6. The quantitative estimate of drug-likeness (QED) is 0.934. The lowest BCUT2D eigenvalue weighted by Crippen LogP contribution is -2.16. The number of carbonyl (C=O) groups excluding carboxylic acids is 1. The second kappa shape index (κ2) is 5.45. The van der Waals surface area contributed by atoms with Crippen LogP contribution in [0, 0.1) is 20.8 Å². The maximum absolute atomic E-state index is 12.3. The zero-order valence-electron chi connectivity index (χ0n) is 12.6. The Kier molecular flexibility index (Phi) is 3.88. The second-order valence-electron chi connectivity index (χ2n) is 4.99. The molecule has 0 radical (unpaired) electrons. The highest BCUT2D eigenvalue weighted by Gasteiger charge is 2.15. The molecule has 0 aromatic carbocycles. The number of carbonyl (C=O) groups is 1. The Bertz CT molecular complexity index is 638. The van der Waals surface area contributed by atoms with Gasteiger partial charge in [-0.1, -0.05) is 6.92 Å². The molecule has 2 rings (SSSR count). The van der Waals surface area contributed by atoms with Gasteiger partial charge in [-0.15, -0.1) is 0 Å². The van der Waals surface area contributed by atoms with E-state index in [4.69, 9.17) is 0 Å². The lowest BCUT2D eigenvalue weighted by molar-refractivity contribution is 0.102. The van der Waals surface area contributed by atoms with Crippen molar-refractivity contribution in [2.24, 2.45) is 7.05 Å². The minimum Gasteiger partial charge on any atom is -0.307 e. The first-order valence-corrected chi connectivity index (χ1v) is 6.71. The van der Waals surface area contributed by atoms with Crippen molar-refractivity contribution in [3.8, 4) is 0 Å². The zero-order valence-corrected chi connectivity index (χ0v) is 12.6. The van der Waals surface area contributed by atoms with Crippen molar-refractivity contribution in [1.82, 2.24) is 14.8 Å². The summed E-state index contributed by atoms with van der Waals surface area (Å²) >= 11 is 0. The van der Waals surface area contributed by atoms with Gasteiger partial charge < -0.3 is 5.32 Å². The van der Waals surface area contributed by atoms with Gasteiger partial charge >= 0.3 is 0 Å². The van der Waals surface area contributed by atoms with Crippen LogP contribution in [0.2, 0.25) is 0 Å². The summed E-state index contributed by atoms with van der Waals surface area (Å²) in [5.74, 6) is 0.617. The molecule has 2 aromatic rings. The summed E-state index contributed by atoms with van der Waals surface area (Å²) in [5, 5.41) is 7.34. The Labute approximate surface area is 119 Å². The highest BCUT2D eigenvalue weighted by atomic mass is 16.1. The third-order valence-electron chi connectivity index (χ3n) is 3.29. The molecular weight excluding hydrogens is 252 g/mol. The third kappa shape index (κ3) is 2.71. The first-order valence-electron chi connectivity index (χ1n) is 6.71. The number of amides is 1. The molecular formula is C15H20N4O. The second-order valence-corrected chi connectivity index (χ2v) is 4.99. The average Bonchev–Trinajstić information content (AvgIpc) is 2.65. The van der Waals surface area contributed by atoms with E-state index in [-0.39, 0.29) is 5.91 Å².